The van der Waals surface area contributed by atoms with Gasteiger partial charge in [-0.2, -0.15) is 5.10 Å². The number of nitrogens with zero attached hydrogens (tertiary/aromatic N) is 7. The normalized spacial score (nSPS) is 17.2. The summed E-state index contributed by atoms with van der Waals surface area (Å²) in [5.41, 5.74) is 12.6. The van der Waals surface area contributed by atoms with Crippen LogP contribution in [0.5, 0.6) is 0 Å². The monoisotopic (exact) mass is 829 g/mol. The molecule has 1 saturated carbocycles. The van der Waals surface area contributed by atoms with Crippen molar-refractivity contribution in [3.8, 4) is 22.6 Å². The number of carbonyl (C=O) groups excluding carboxylic acids is 4. The first-order chi connectivity index (χ1) is 29.6. The van der Waals surface area contributed by atoms with Crippen LogP contribution in [0.3, 0.4) is 0 Å². The molecule has 320 valence electrons. The van der Waals surface area contributed by atoms with Crippen LogP contribution in [-0.2, 0) is 25.7 Å². The molecule has 5 aromatic rings. The van der Waals surface area contributed by atoms with Crippen LogP contribution in [0.4, 0.5) is 11.5 Å². The molecule has 4 amide bonds. The van der Waals surface area contributed by atoms with E-state index >= 15 is 0 Å². The molecule has 0 radical (unpaired) electrons. The zero-order valence-electron chi connectivity index (χ0n) is 35.0. The number of nitrogen functional groups attached to an aromatic ring is 1. The largest absolute Gasteiger partial charge is 0.383 e. The summed E-state index contributed by atoms with van der Waals surface area (Å²) in [4.78, 5) is 64.6. The van der Waals surface area contributed by atoms with Gasteiger partial charge >= 0.3 is 0 Å². The Morgan fingerprint density at radius 3 is 2.34 bits per heavy atom. The van der Waals surface area contributed by atoms with Gasteiger partial charge in [0.1, 0.15) is 35.3 Å². The van der Waals surface area contributed by atoms with E-state index in [1.807, 2.05) is 47.7 Å². The Morgan fingerprint density at radius 1 is 0.885 bits per heavy atom. The summed E-state index contributed by atoms with van der Waals surface area (Å²) in [6.07, 6.45) is 13.5. The highest BCUT2D eigenvalue weighted by Gasteiger charge is 2.35. The second-order valence-corrected chi connectivity index (χ2v) is 16.9. The summed E-state index contributed by atoms with van der Waals surface area (Å²) in [7, 11) is 0. The Bertz CT molecular complexity index is 2360. The van der Waals surface area contributed by atoms with Crippen molar-refractivity contribution in [1.29, 1.82) is 0 Å². The van der Waals surface area contributed by atoms with Gasteiger partial charge in [0.05, 0.1) is 16.6 Å². The van der Waals surface area contributed by atoms with E-state index in [1.165, 1.54) is 11.9 Å². The van der Waals surface area contributed by atoms with Gasteiger partial charge in [-0.25, -0.2) is 14.6 Å². The van der Waals surface area contributed by atoms with E-state index in [2.05, 4.69) is 43.2 Å². The smallest absolute Gasteiger partial charge is 0.249 e. The lowest BCUT2D eigenvalue weighted by molar-refractivity contribution is -0.134. The molecule has 16 nitrogen and oxygen atoms in total. The van der Waals surface area contributed by atoms with E-state index in [-0.39, 0.29) is 35.6 Å². The van der Waals surface area contributed by atoms with Crippen LogP contribution < -0.4 is 21.7 Å². The fourth-order valence-corrected chi connectivity index (χ4v) is 8.42. The highest BCUT2D eigenvalue weighted by Crippen LogP contribution is 2.48. The second-order valence-electron chi connectivity index (χ2n) is 16.9. The number of carbonyl (C=O) groups is 4. The number of aromatic nitrogens is 6. The van der Waals surface area contributed by atoms with E-state index in [4.69, 9.17) is 20.3 Å². The Labute approximate surface area is 354 Å². The van der Waals surface area contributed by atoms with E-state index in [1.54, 1.807) is 6.20 Å². The van der Waals surface area contributed by atoms with Crippen LogP contribution in [0.1, 0.15) is 132 Å². The molecule has 0 bridgehead atoms. The van der Waals surface area contributed by atoms with Crippen molar-refractivity contribution >= 4 is 46.2 Å². The SMILES string of the molecule is CC(C)n1nc(-c2noc(C3CC3)c2-c2ccc(CNC(=O)CCCCCCCC(=O)N3CCC(c4ccc(NC5CCC(=O)NC5=O)cc4)CC3)cn2)c2c(N)ncnc21. The number of fused-ring (bicyclic) bond motifs is 1. The molecule has 1 aliphatic carbocycles. The Balaban J connectivity index is 0.728. The van der Waals surface area contributed by atoms with Gasteiger partial charge in [0.15, 0.2) is 5.65 Å². The molecule has 1 atom stereocenters. The van der Waals surface area contributed by atoms with E-state index in [0.29, 0.717) is 72.1 Å². The number of anilines is 2. The third-order valence-corrected chi connectivity index (χ3v) is 12.1. The number of piperidine rings is 2. The van der Waals surface area contributed by atoms with E-state index in [9.17, 15) is 19.2 Å². The standard InChI is InChI=1S/C45H55N11O5/c1-27(2)56-44-39(43(46)49-26-50-44)40(53-56)41-38(42(61-54-41)31-11-12-31)33-17-10-28(24-47-33)25-48-35(57)8-6-4-3-5-7-9-37(59)55-22-20-30(21-23-55)29-13-15-32(16-14-29)51-34-18-19-36(58)52-45(34)60/h10,13-17,24,26-27,30-31,34,51H,3-9,11-12,18-23,25H2,1-2H3,(H,48,57)(H2,46,49,50)(H,52,58,60). The number of pyridine rings is 1. The number of rotatable bonds is 17. The minimum atomic E-state index is -0.401. The molecule has 6 heterocycles. The number of hydrogen-bond donors (Lipinski definition) is 4. The van der Waals surface area contributed by atoms with Crippen molar-refractivity contribution in [3.05, 3.63) is 65.8 Å². The molecule has 4 aromatic heterocycles. The highest BCUT2D eigenvalue weighted by molar-refractivity contribution is 6.02. The fraction of sp³-hybridized carbons (Fsp3) is 0.489. The van der Waals surface area contributed by atoms with Crippen molar-refractivity contribution in [3.63, 3.8) is 0 Å². The Morgan fingerprint density at radius 2 is 1.64 bits per heavy atom. The second kappa shape index (κ2) is 18.6. The number of likely N-dealkylation sites (tertiary alicyclic amines) is 1. The first kappa shape index (κ1) is 41.5. The quantitative estimate of drug-likeness (QED) is 0.0580. The average Bonchev–Trinajstić information content (AvgIpc) is 3.89. The van der Waals surface area contributed by atoms with Gasteiger partial charge in [-0.3, -0.25) is 29.5 Å². The molecule has 2 aliphatic heterocycles. The first-order valence-electron chi connectivity index (χ1n) is 21.8. The highest BCUT2D eigenvalue weighted by atomic mass is 16.5. The first-order valence-corrected chi connectivity index (χ1v) is 21.8. The molecule has 8 rings (SSSR count). The molecular formula is C45H55N11O5. The summed E-state index contributed by atoms with van der Waals surface area (Å²) in [5, 5.41) is 18.6. The van der Waals surface area contributed by atoms with Crippen LogP contribution in [0, 0.1) is 0 Å². The molecule has 16 heteroatoms. The average molecular weight is 830 g/mol. The predicted molar refractivity (Wildman–Crippen MR) is 230 cm³/mol. The minimum Gasteiger partial charge on any atom is -0.383 e. The molecule has 5 N–H and O–H groups in total. The fourth-order valence-electron chi connectivity index (χ4n) is 8.42. The topological polar surface area (TPSA) is 216 Å². The van der Waals surface area contributed by atoms with Gasteiger partial charge in [0.25, 0.3) is 0 Å². The lowest BCUT2D eigenvalue weighted by Crippen LogP contribution is -2.47. The van der Waals surface area contributed by atoms with Gasteiger partial charge in [0.2, 0.25) is 23.6 Å². The maximum absolute atomic E-state index is 12.9. The molecule has 3 aliphatic rings. The van der Waals surface area contributed by atoms with Gasteiger partial charge in [-0.05, 0) is 94.0 Å². The lowest BCUT2D eigenvalue weighted by Gasteiger charge is -2.32. The Hall–Kier alpha value is -6.19. The molecule has 2 saturated heterocycles. The number of amides is 4. The molecule has 0 spiro atoms. The maximum Gasteiger partial charge on any atom is 0.249 e. The molecule has 1 aromatic carbocycles. The zero-order chi connectivity index (χ0) is 42.5. The van der Waals surface area contributed by atoms with Crippen molar-refractivity contribution < 1.29 is 23.7 Å². The summed E-state index contributed by atoms with van der Waals surface area (Å²) < 4.78 is 7.75. The number of nitrogens with one attached hydrogen (secondary N) is 3. The number of nitrogens with two attached hydrogens (primary N) is 1. The predicted octanol–water partition coefficient (Wildman–Crippen LogP) is 6.55. The van der Waals surface area contributed by atoms with Gasteiger partial charge in [-0.15, -0.1) is 0 Å². The summed E-state index contributed by atoms with van der Waals surface area (Å²) in [6.45, 7) is 5.96. The van der Waals surface area contributed by atoms with Crippen LogP contribution >= 0.6 is 0 Å². The van der Waals surface area contributed by atoms with E-state index < -0.39 is 6.04 Å². The zero-order valence-corrected chi connectivity index (χ0v) is 35.0. The van der Waals surface area contributed by atoms with Crippen LogP contribution in [-0.4, -0.2) is 77.5 Å². The maximum atomic E-state index is 12.9. The van der Waals surface area contributed by atoms with Crippen molar-refractivity contribution in [2.75, 3.05) is 24.1 Å². The minimum absolute atomic E-state index is 0.00672. The van der Waals surface area contributed by atoms with E-state index in [0.717, 1.165) is 93.5 Å². The molecule has 61 heavy (non-hydrogen) atoms. The number of benzene rings is 1. The van der Waals surface area contributed by atoms with Crippen molar-refractivity contribution in [2.24, 2.45) is 0 Å². The van der Waals surface area contributed by atoms with Crippen LogP contribution in [0.25, 0.3) is 33.7 Å². The molecule has 3 fully saturated rings. The van der Waals surface area contributed by atoms with Crippen LogP contribution in [0.2, 0.25) is 0 Å². The van der Waals surface area contributed by atoms with Crippen molar-refractivity contribution in [2.45, 2.75) is 128 Å². The Kier molecular flexibility index (Phi) is 12.7. The van der Waals surface area contributed by atoms with Gasteiger partial charge < -0.3 is 25.8 Å². The van der Waals surface area contributed by atoms with Crippen LogP contribution in [0.15, 0.2) is 53.4 Å². The van der Waals surface area contributed by atoms with Gasteiger partial charge in [0, 0.05) is 62.7 Å². The summed E-state index contributed by atoms with van der Waals surface area (Å²) in [5.74, 6) is 1.52. The number of unbranched alkanes of at least 4 members (excludes halogenated alkanes) is 4. The van der Waals surface area contributed by atoms with Crippen molar-refractivity contribution in [1.82, 2.24) is 45.4 Å². The molecule has 1 unspecified atom stereocenters. The number of hydrogen-bond acceptors (Lipinski definition) is 12. The third kappa shape index (κ3) is 9.73. The number of imide groups is 1. The molecular weight excluding hydrogens is 775 g/mol. The summed E-state index contributed by atoms with van der Waals surface area (Å²) in [6, 6.07) is 11.7. The summed E-state index contributed by atoms with van der Waals surface area (Å²) >= 11 is 0. The third-order valence-electron chi connectivity index (χ3n) is 12.1. The van der Waals surface area contributed by atoms with Gasteiger partial charge in [-0.1, -0.05) is 42.6 Å². The lowest BCUT2D eigenvalue weighted by atomic mass is 9.89.